The largest absolute Gasteiger partial charge is 0.356 e. The molecule has 0 fully saturated rings. The van der Waals surface area contributed by atoms with Gasteiger partial charge in [0.2, 0.25) is 15.9 Å². The van der Waals surface area contributed by atoms with Crippen LogP contribution in [0.15, 0.2) is 23.2 Å². The minimum Gasteiger partial charge on any atom is -0.356 e. The van der Waals surface area contributed by atoms with Crippen molar-refractivity contribution >= 4 is 21.7 Å². The highest BCUT2D eigenvalue weighted by atomic mass is 32.2. The van der Waals surface area contributed by atoms with Gasteiger partial charge in [-0.05, 0) is 13.0 Å². The molecule has 0 atom stereocenters. The van der Waals surface area contributed by atoms with E-state index in [0.717, 1.165) is 0 Å². The number of carbonyl (C=O) groups excluding carboxylic acids is 1. The van der Waals surface area contributed by atoms with E-state index in [0.29, 0.717) is 6.54 Å². The summed E-state index contributed by atoms with van der Waals surface area (Å²) in [5.41, 5.74) is 2.26. The summed E-state index contributed by atoms with van der Waals surface area (Å²) in [5, 5.41) is 2.58. The minimum absolute atomic E-state index is 0.0296. The number of nitrogens with two attached hydrogens (primary N) is 1. The van der Waals surface area contributed by atoms with Crippen LogP contribution in [0.1, 0.15) is 13.3 Å². The van der Waals surface area contributed by atoms with E-state index in [4.69, 9.17) is 5.84 Å². The lowest BCUT2D eigenvalue weighted by atomic mass is 10.4. The summed E-state index contributed by atoms with van der Waals surface area (Å²) >= 11 is 0. The molecule has 0 spiro atoms. The molecule has 1 aromatic heterocycles. The quantitative estimate of drug-likeness (QED) is 0.383. The van der Waals surface area contributed by atoms with Gasteiger partial charge in [-0.2, -0.15) is 0 Å². The fraction of sp³-hybridized carbons (Fsp3) is 0.400. The van der Waals surface area contributed by atoms with Gasteiger partial charge in [-0.15, -0.1) is 0 Å². The first kappa shape index (κ1) is 15.3. The molecule has 0 radical (unpaired) electrons. The SMILES string of the molecule is CCNC(=O)CCNS(=O)(=O)c1ccnc(NN)c1. The molecule has 0 saturated carbocycles. The van der Waals surface area contributed by atoms with Crippen molar-refractivity contribution in [1.29, 1.82) is 0 Å². The molecule has 1 heterocycles. The molecule has 1 aromatic rings. The molecule has 0 aliphatic carbocycles. The Morgan fingerprint density at radius 1 is 1.47 bits per heavy atom. The van der Waals surface area contributed by atoms with Crippen LogP contribution in [0.25, 0.3) is 0 Å². The number of hydrogen-bond acceptors (Lipinski definition) is 6. The number of rotatable bonds is 7. The topological polar surface area (TPSA) is 126 Å². The van der Waals surface area contributed by atoms with Crippen LogP contribution in [-0.4, -0.2) is 32.4 Å². The number of hydrogen-bond donors (Lipinski definition) is 4. The van der Waals surface area contributed by atoms with E-state index < -0.39 is 10.0 Å². The van der Waals surface area contributed by atoms with Crippen molar-refractivity contribution in [1.82, 2.24) is 15.0 Å². The lowest BCUT2D eigenvalue weighted by Gasteiger charge is -2.07. The van der Waals surface area contributed by atoms with Gasteiger partial charge >= 0.3 is 0 Å². The molecule has 0 saturated heterocycles. The second-order valence-electron chi connectivity index (χ2n) is 3.62. The number of nitrogens with zero attached hydrogens (tertiary/aromatic N) is 1. The zero-order valence-electron chi connectivity index (χ0n) is 10.5. The van der Waals surface area contributed by atoms with E-state index in [1.807, 2.05) is 0 Å². The zero-order chi connectivity index (χ0) is 14.3. The first-order valence-electron chi connectivity index (χ1n) is 5.68. The number of nitrogen functional groups attached to an aromatic ring is 1. The summed E-state index contributed by atoms with van der Waals surface area (Å²) in [4.78, 5) is 15.0. The van der Waals surface area contributed by atoms with Crippen molar-refractivity contribution < 1.29 is 13.2 Å². The van der Waals surface area contributed by atoms with Crippen LogP contribution < -0.4 is 21.3 Å². The Balaban J connectivity index is 2.63. The lowest BCUT2D eigenvalue weighted by Crippen LogP contribution is -2.30. The van der Waals surface area contributed by atoms with E-state index >= 15 is 0 Å². The first-order valence-corrected chi connectivity index (χ1v) is 7.17. The molecule has 0 aromatic carbocycles. The van der Waals surface area contributed by atoms with Gasteiger partial charge in [-0.3, -0.25) is 4.79 Å². The smallest absolute Gasteiger partial charge is 0.240 e. The molecular weight excluding hydrogens is 270 g/mol. The van der Waals surface area contributed by atoms with Crippen molar-refractivity contribution in [3.05, 3.63) is 18.3 Å². The van der Waals surface area contributed by atoms with Gasteiger partial charge in [-0.1, -0.05) is 0 Å². The number of carbonyl (C=O) groups is 1. The van der Waals surface area contributed by atoms with E-state index in [1.165, 1.54) is 18.3 Å². The number of amides is 1. The van der Waals surface area contributed by atoms with Gasteiger partial charge < -0.3 is 10.7 Å². The summed E-state index contributed by atoms with van der Waals surface area (Å²) in [6, 6.07) is 2.64. The average Bonchev–Trinajstić information content (AvgIpc) is 2.39. The molecule has 106 valence electrons. The van der Waals surface area contributed by atoms with Gasteiger partial charge in [0, 0.05) is 31.8 Å². The first-order chi connectivity index (χ1) is 8.99. The summed E-state index contributed by atoms with van der Waals surface area (Å²) in [6.45, 7) is 2.34. The highest BCUT2D eigenvalue weighted by Crippen LogP contribution is 2.11. The zero-order valence-corrected chi connectivity index (χ0v) is 11.3. The standard InChI is InChI=1S/C10H17N5O3S/c1-2-12-10(16)4-6-14-19(17,18)8-3-5-13-9(7-8)15-11/h3,5,7,14H,2,4,6,11H2,1H3,(H,12,16)(H,13,15). The molecular formula is C10H17N5O3S. The van der Waals surface area contributed by atoms with Gasteiger partial charge in [0.15, 0.2) is 0 Å². The van der Waals surface area contributed by atoms with Crippen LogP contribution >= 0.6 is 0 Å². The van der Waals surface area contributed by atoms with E-state index in [9.17, 15) is 13.2 Å². The molecule has 1 rings (SSSR count). The fourth-order valence-corrected chi connectivity index (χ4v) is 2.37. The van der Waals surface area contributed by atoms with Crippen LogP contribution in [0.3, 0.4) is 0 Å². The Labute approximate surface area is 111 Å². The van der Waals surface area contributed by atoms with Crippen molar-refractivity contribution in [2.24, 2.45) is 5.84 Å². The van der Waals surface area contributed by atoms with Crippen LogP contribution in [0, 0.1) is 0 Å². The van der Waals surface area contributed by atoms with Crippen molar-refractivity contribution in [2.45, 2.75) is 18.2 Å². The molecule has 5 N–H and O–H groups in total. The minimum atomic E-state index is -3.67. The molecule has 19 heavy (non-hydrogen) atoms. The normalized spacial score (nSPS) is 11.1. The van der Waals surface area contributed by atoms with Crippen molar-refractivity contribution in [3.63, 3.8) is 0 Å². The number of sulfonamides is 1. The lowest BCUT2D eigenvalue weighted by molar-refractivity contribution is -0.120. The van der Waals surface area contributed by atoms with Crippen LogP contribution in [0.5, 0.6) is 0 Å². The highest BCUT2D eigenvalue weighted by Gasteiger charge is 2.14. The van der Waals surface area contributed by atoms with Gasteiger partial charge in [0.25, 0.3) is 0 Å². The number of aromatic nitrogens is 1. The third-order valence-corrected chi connectivity index (χ3v) is 3.67. The third-order valence-electron chi connectivity index (χ3n) is 2.21. The Hall–Kier alpha value is -1.71. The number of hydrazine groups is 1. The molecule has 0 bridgehead atoms. The molecule has 8 nitrogen and oxygen atoms in total. The van der Waals surface area contributed by atoms with Crippen LogP contribution in [-0.2, 0) is 14.8 Å². The maximum absolute atomic E-state index is 11.9. The van der Waals surface area contributed by atoms with Gasteiger partial charge in [0.1, 0.15) is 5.82 Å². The maximum Gasteiger partial charge on any atom is 0.240 e. The Bertz CT molecular complexity index is 532. The van der Waals surface area contributed by atoms with E-state index in [1.54, 1.807) is 6.92 Å². The Kier molecular flexibility index (Phi) is 5.67. The third kappa shape index (κ3) is 4.81. The second-order valence-corrected chi connectivity index (χ2v) is 5.39. The summed E-state index contributed by atoms with van der Waals surface area (Å²) < 4.78 is 26.1. The van der Waals surface area contributed by atoms with Gasteiger partial charge in [-0.25, -0.2) is 24.0 Å². The van der Waals surface area contributed by atoms with Gasteiger partial charge in [0.05, 0.1) is 4.90 Å². The predicted octanol–water partition coefficient (Wildman–Crippen LogP) is -0.828. The highest BCUT2D eigenvalue weighted by molar-refractivity contribution is 7.89. The maximum atomic E-state index is 11.9. The van der Waals surface area contributed by atoms with E-state index in [2.05, 4.69) is 20.4 Å². The average molecular weight is 287 g/mol. The summed E-state index contributed by atoms with van der Waals surface area (Å²) in [6.07, 6.45) is 1.41. The molecule has 9 heteroatoms. The van der Waals surface area contributed by atoms with Crippen LogP contribution in [0.2, 0.25) is 0 Å². The number of nitrogens with one attached hydrogen (secondary N) is 3. The van der Waals surface area contributed by atoms with Crippen LogP contribution in [0.4, 0.5) is 5.82 Å². The molecule has 0 aliphatic rings. The monoisotopic (exact) mass is 287 g/mol. The Morgan fingerprint density at radius 3 is 2.84 bits per heavy atom. The number of pyridine rings is 1. The summed E-state index contributed by atoms with van der Waals surface area (Å²) in [5.74, 6) is 5.19. The number of anilines is 1. The van der Waals surface area contributed by atoms with Crippen molar-refractivity contribution in [3.8, 4) is 0 Å². The summed E-state index contributed by atoms with van der Waals surface area (Å²) in [7, 11) is -3.67. The predicted molar refractivity (Wildman–Crippen MR) is 70.5 cm³/mol. The van der Waals surface area contributed by atoms with E-state index in [-0.39, 0.29) is 29.6 Å². The fourth-order valence-electron chi connectivity index (χ4n) is 1.33. The Morgan fingerprint density at radius 2 is 2.21 bits per heavy atom. The molecule has 0 unspecified atom stereocenters. The second kappa shape index (κ2) is 7.02. The molecule has 1 amide bonds. The van der Waals surface area contributed by atoms with Crippen molar-refractivity contribution in [2.75, 3.05) is 18.5 Å². The molecule has 0 aliphatic heterocycles.